The summed E-state index contributed by atoms with van der Waals surface area (Å²) in [4.78, 5) is 0. The first kappa shape index (κ1) is 14.9. The van der Waals surface area contributed by atoms with Gasteiger partial charge >= 0.3 is 0 Å². The van der Waals surface area contributed by atoms with Crippen molar-refractivity contribution in [3.8, 4) is 0 Å². The summed E-state index contributed by atoms with van der Waals surface area (Å²) in [7, 11) is 0. The third kappa shape index (κ3) is 4.22. The van der Waals surface area contributed by atoms with Crippen molar-refractivity contribution in [2.24, 2.45) is 17.8 Å². The summed E-state index contributed by atoms with van der Waals surface area (Å²) in [6.07, 6.45) is 3.88. The smallest absolute Gasteiger partial charge is 0.0440 e. The topological polar surface area (TPSA) is 12.0 Å². The highest BCUT2D eigenvalue weighted by atomic mass is 35.5. The Hall–Kier alpha value is -0.530. The van der Waals surface area contributed by atoms with E-state index in [9.17, 15) is 0 Å². The van der Waals surface area contributed by atoms with E-state index < -0.39 is 0 Å². The third-order valence-corrected chi connectivity index (χ3v) is 4.58. The standard InChI is InChI=1S/C17H26ClN/c1-12(2)10-19-11-16-7-6-14(16)9-15-5-4-13(3)8-17(15)18/h4-5,8,12,14,16,19H,6-7,9-11H2,1-3H3. The van der Waals surface area contributed by atoms with E-state index in [4.69, 9.17) is 11.6 Å². The molecule has 19 heavy (non-hydrogen) atoms. The van der Waals surface area contributed by atoms with Gasteiger partial charge in [-0.1, -0.05) is 37.6 Å². The van der Waals surface area contributed by atoms with Crippen LogP contribution in [0.1, 0.15) is 37.8 Å². The van der Waals surface area contributed by atoms with Crippen LogP contribution in [0.2, 0.25) is 5.02 Å². The van der Waals surface area contributed by atoms with E-state index in [2.05, 4.69) is 44.3 Å². The fourth-order valence-electron chi connectivity index (χ4n) is 2.83. The molecule has 1 aromatic rings. The van der Waals surface area contributed by atoms with Crippen LogP contribution < -0.4 is 5.32 Å². The molecule has 1 aliphatic carbocycles. The van der Waals surface area contributed by atoms with Gasteiger partial charge < -0.3 is 5.32 Å². The van der Waals surface area contributed by atoms with Gasteiger partial charge in [-0.15, -0.1) is 0 Å². The fraction of sp³-hybridized carbons (Fsp3) is 0.647. The predicted octanol–water partition coefficient (Wildman–Crippen LogP) is 4.46. The van der Waals surface area contributed by atoms with Crippen molar-refractivity contribution >= 4 is 11.6 Å². The van der Waals surface area contributed by atoms with E-state index in [-0.39, 0.29) is 0 Å². The van der Waals surface area contributed by atoms with Crippen molar-refractivity contribution in [2.45, 2.75) is 40.0 Å². The summed E-state index contributed by atoms with van der Waals surface area (Å²) in [5.74, 6) is 2.40. The zero-order valence-corrected chi connectivity index (χ0v) is 13.1. The van der Waals surface area contributed by atoms with Gasteiger partial charge in [-0.25, -0.2) is 0 Å². The van der Waals surface area contributed by atoms with Gasteiger partial charge in [0.25, 0.3) is 0 Å². The second-order valence-corrected chi connectivity index (χ2v) is 6.86. The largest absolute Gasteiger partial charge is 0.316 e. The van der Waals surface area contributed by atoms with Crippen molar-refractivity contribution in [2.75, 3.05) is 13.1 Å². The van der Waals surface area contributed by atoms with Crippen molar-refractivity contribution in [1.82, 2.24) is 5.32 Å². The van der Waals surface area contributed by atoms with E-state index in [0.29, 0.717) is 0 Å². The summed E-state index contributed by atoms with van der Waals surface area (Å²) < 4.78 is 0. The summed E-state index contributed by atoms with van der Waals surface area (Å²) in [5.41, 5.74) is 2.57. The van der Waals surface area contributed by atoms with E-state index in [0.717, 1.165) is 35.7 Å². The van der Waals surface area contributed by atoms with Gasteiger partial charge in [0.2, 0.25) is 0 Å². The minimum absolute atomic E-state index is 0.741. The number of halogens is 1. The molecule has 0 heterocycles. The number of hydrogen-bond donors (Lipinski definition) is 1. The van der Waals surface area contributed by atoms with E-state index in [1.54, 1.807) is 0 Å². The molecule has 1 N–H and O–H groups in total. The second kappa shape index (κ2) is 6.76. The first-order valence-electron chi connectivity index (χ1n) is 7.52. The molecule has 0 bridgehead atoms. The number of aryl methyl sites for hydroxylation is 1. The first-order valence-corrected chi connectivity index (χ1v) is 7.89. The molecule has 106 valence electrons. The molecule has 1 aromatic carbocycles. The van der Waals surface area contributed by atoms with Crippen LogP contribution in [0.15, 0.2) is 18.2 Å². The minimum Gasteiger partial charge on any atom is -0.316 e. The maximum absolute atomic E-state index is 6.33. The van der Waals surface area contributed by atoms with Crippen LogP contribution in [0, 0.1) is 24.7 Å². The second-order valence-electron chi connectivity index (χ2n) is 6.45. The van der Waals surface area contributed by atoms with E-state index in [1.807, 2.05) is 0 Å². The number of rotatable bonds is 6. The number of nitrogens with one attached hydrogen (secondary N) is 1. The van der Waals surface area contributed by atoms with Gasteiger partial charge in [0, 0.05) is 5.02 Å². The van der Waals surface area contributed by atoms with Crippen LogP contribution in [0.4, 0.5) is 0 Å². The van der Waals surface area contributed by atoms with Crippen LogP contribution in [0.25, 0.3) is 0 Å². The molecule has 0 amide bonds. The number of hydrogen-bond acceptors (Lipinski definition) is 1. The van der Waals surface area contributed by atoms with Crippen molar-refractivity contribution in [3.05, 3.63) is 34.3 Å². The quantitative estimate of drug-likeness (QED) is 0.810. The Morgan fingerprint density at radius 3 is 2.58 bits per heavy atom. The molecule has 1 fully saturated rings. The Kier molecular flexibility index (Phi) is 5.29. The van der Waals surface area contributed by atoms with Gasteiger partial charge in [0.15, 0.2) is 0 Å². The Morgan fingerprint density at radius 1 is 1.26 bits per heavy atom. The maximum Gasteiger partial charge on any atom is 0.0440 e. The predicted molar refractivity (Wildman–Crippen MR) is 83.8 cm³/mol. The molecule has 0 saturated heterocycles. The van der Waals surface area contributed by atoms with E-state index >= 15 is 0 Å². The molecule has 2 unspecified atom stereocenters. The Bertz CT molecular complexity index is 414. The fourth-order valence-corrected chi connectivity index (χ4v) is 3.15. The van der Waals surface area contributed by atoms with Gasteiger partial charge in [-0.2, -0.15) is 0 Å². The SMILES string of the molecule is Cc1ccc(CC2CCC2CNCC(C)C)c(Cl)c1. The molecule has 0 radical (unpaired) electrons. The molecule has 1 aliphatic rings. The van der Waals surface area contributed by atoms with Gasteiger partial charge in [0.1, 0.15) is 0 Å². The Morgan fingerprint density at radius 2 is 2.00 bits per heavy atom. The first-order chi connectivity index (χ1) is 9.06. The summed E-state index contributed by atoms with van der Waals surface area (Å²) in [6, 6.07) is 6.46. The molecular weight excluding hydrogens is 254 g/mol. The lowest BCUT2D eigenvalue weighted by molar-refractivity contribution is 0.169. The van der Waals surface area contributed by atoms with Crippen LogP contribution in [-0.4, -0.2) is 13.1 Å². The highest BCUT2D eigenvalue weighted by Crippen LogP contribution is 2.37. The summed E-state index contributed by atoms with van der Waals surface area (Å²) >= 11 is 6.33. The molecule has 2 rings (SSSR count). The summed E-state index contributed by atoms with van der Waals surface area (Å²) in [5, 5.41) is 4.54. The normalized spacial score (nSPS) is 22.6. The van der Waals surface area contributed by atoms with Gasteiger partial charge in [-0.05, 0) is 74.2 Å². The highest BCUT2D eigenvalue weighted by molar-refractivity contribution is 6.31. The van der Waals surface area contributed by atoms with Crippen molar-refractivity contribution in [3.63, 3.8) is 0 Å². The molecule has 1 nitrogen and oxygen atoms in total. The molecular formula is C17H26ClN. The van der Waals surface area contributed by atoms with Crippen LogP contribution in [0.5, 0.6) is 0 Å². The molecule has 2 atom stereocenters. The van der Waals surface area contributed by atoms with Gasteiger partial charge in [0.05, 0.1) is 0 Å². The van der Waals surface area contributed by atoms with Crippen molar-refractivity contribution < 1.29 is 0 Å². The maximum atomic E-state index is 6.33. The third-order valence-electron chi connectivity index (χ3n) is 4.22. The lowest BCUT2D eigenvalue weighted by atomic mass is 9.70. The average Bonchev–Trinajstić information content (AvgIpc) is 2.32. The van der Waals surface area contributed by atoms with E-state index in [1.165, 1.54) is 30.5 Å². The molecule has 0 spiro atoms. The molecule has 0 aromatic heterocycles. The zero-order valence-electron chi connectivity index (χ0n) is 12.4. The lowest BCUT2D eigenvalue weighted by Gasteiger charge is -2.37. The Labute approximate surface area is 122 Å². The van der Waals surface area contributed by atoms with Crippen LogP contribution in [-0.2, 0) is 6.42 Å². The molecule has 0 aliphatic heterocycles. The van der Waals surface area contributed by atoms with Crippen LogP contribution in [0.3, 0.4) is 0 Å². The highest BCUT2D eigenvalue weighted by Gasteiger charge is 2.30. The molecule has 1 saturated carbocycles. The van der Waals surface area contributed by atoms with Gasteiger partial charge in [-0.3, -0.25) is 0 Å². The summed E-state index contributed by atoms with van der Waals surface area (Å²) in [6.45, 7) is 8.92. The zero-order chi connectivity index (χ0) is 13.8. The lowest BCUT2D eigenvalue weighted by Crippen LogP contribution is -2.37. The Balaban J connectivity index is 1.82. The molecule has 2 heteroatoms. The minimum atomic E-state index is 0.741. The average molecular weight is 280 g/mol. The number of benzene rings is 1. The van der Waals surface area contributed by atoms with Crippen LogP contribution >= 0.6 is 11.6 Å². The van der Waals surface area contributed by atoms with Crippen molar-refractivity contribution in [1.29, 1.82) is 0 Å². The monoisotopic (exact) mass is 279 g/mol.